The Morgan fingerprint density at radius 1 is 1.10 bits per heavy atom. The first-order valence-corrected chi connectivity index (χ1v) is 10.7. The Hall–Kier alpha value is -1.80. The molecule has 1 aliphatic heterocycles. The molecule has 0 radical (unpaired) electrons. The van der Waals surface area contributed by atoms with Crippen LogP contribution >= 0.6 is 24.0 Å². The Balaban J connectivity index is 0.00000320. The van der Waals surface area contributed by atoms with Crippen molar-refractivity contribution in [3.63, 3.8) is 0 Å². The van der Waals surface area contributed by atoms with Gasteiger partial charge in [-0.25, -0.2) is 0 Å². The van der Waals surface area contributed by atoms with E-state index in [4.69, 9.17) is 4.74 Å². The van der Waals surface area contributed by atoms with Gasteiger partial charge in [-0.05, 0) is 43.9 Å². The highest BCUT2D eigenvalue weighted by molar-refractivity contribution is 14.0. The second-order valence-corrected chi connectivity index (χ2v) is 7.54. The van der Waals surface area contributed by atoms with Gasteiger partial charge in [-0.15, -0.1) is 24.0 Å². The molecular formula is C24H35IN4O. The van der Waals surface area contributed by atoms with Crippen LogP contribution in [0, 0.1) is 5.92 Å². The molecule has 0 aromatic heterocycles. The van der Waals surface area contributed by atoms with Gasteiger partial charge in [-0.2, -0.15) is 0 Å². The number of guanidine groups is 1. The average molecular weight is 522 g/mol. The van der Waals surface area contributed by atoms with Crippen molar-refractivity contribution in [1.82, 2.24) is 15.5 Å². The molecule has 2 aromatic carbocycles. The molecule has 1 atom stereocenters. The standard InChI is InChI=1S/C24H34N4O.HI/c1-3-29-23-12-8-7-11-22(23)18-27-24(25-2)26-17-21-14-16-28(19-21)15-13-20-9-5-4-6-10-20;/h4-12,21H,3,13-19H2,1-2H3,(H2,25,26,27);1H. The zero-order valence-electron chi connectivity index (χ0n) is 18.1. The van der Waals surface area contributed by atoms with Crippen molar-refractivity contribution in [2.45, 2.75) is 26.3 Å². The lowest BCUT2D eigenvalue weighted by Gasteiger charge is -2.18. The quantitative estimate of drug-likeness (QED) is 0.298. The molecule has 1 saturated heterocycles. The van der Waals surface area contributed by atoms with Gasteiger partial charge in [0.1, 0.15) is 5.75 Å². The number of hydrogen-bond acceptors (Lipinski definition) is 3. The van der Waals surface area contributed by atoms with E-state index in [2.05, 4.69) is 56.9 Å². The average Bonchev–Trinajstić information content (AvgIpc) is 3.22. The van der Waals surface area contributed by atoms with Gasteiger partial charge in [-0.3, -0.25) is 4.99 Å². The van der Waals surface area contributed by atoms with Crippen LogP contribution in [-0.4, -0.2) is 50.7 Å². The normalized spacial score (nSPS) is 16.7. The van der Waals surface area contributed by atoms with Crippen molar-refractivity contribution in [3.05, 3.63) is 65.7 Å². The topological polar surface area (TPSA) is 48.9 Å². The minimum absolute atomic E-state index is 0. The molecular weight excluding hydrogens is 487 g/mol. The van der Waals surface area contributed by atoms with E-state index in [9.17, 15) is 0 Å². The van der Waals surface area contributed by atoms with Gasteiger partial charge in [0.25, 0.3) is 0 Å². The Morgan fingerprint density at radius 2 is 1.87 bits per heavy atom. The number of rotatable bonds is 9. The fourth-order valence-electron chi connectivity index (χ4n) is 3.80. The molecule has 1 heterocycles. The summed E-state index contributed by atoms with van der Waals surface area (Å²) in [5.41, 5.74) is 2.57. The molecule has 0 saturated carbocycles. The van der Waals surface area contributed by atoms with Crippen LogP contribution in [0.1, 0.15) is 24.5 Å². The molecule has 2 N–H and O–H groups in total. The molecule has 6 heteroatoms. The first-order valence-electron chi connectivity index (χ1n) is 10.7. The van der Waals surface area contributed by atoms with Gasteiger partial charge >= 0.3 is 0 Å². The van der Waals surface area contributed by atoms with E-state index in [1.807, 2.05) is 32.2 Å². The maximum absolute atomic E-state index is 5.71. The predicted molar refractivity (Wildman–Crippen MR) is 136 cm³/mol. The summed E-state index contributed by atoms with van der Waals surface area (Å²) >= 11 is 0. The second-order valence-electron chi connectivity index (χ2n) is 7.54. The van der Waals surface area contributed by atoms with Crippen molar-refractivity contribution < 1.29 is 4.74 Å². The van der Waals surface area contributed by atoms with Crippen molar-refractivity contribution in [2.75, 3.05) is 39.8 Å². The molecule has 1 unspecified atom stereocenters. The van der Waals surface area contributed by atoms with Gasteiger partial charge < -0.3 is 20.3 Å². The number of hydrogen-bond donors (Lipinski definition) is 2. The lowest BCUT2D eigenvalue weighted by molar-refractivity contribution is 0.328. The number of aliphatic imine (C=N–C) groups is 1. The van der Waals surface area contributed by atoms with Crippen LogP contribution in [-0.2, 0) is 13.0 Å². The zero-order valence-corrected chi connectivity index (χ0v) is 20.5. The zero-order chi connectivity index (χ0) is 20.3. The highest BCUT2D eigenvalue weighted by Gasteiger charge is 2.22. The van der Waals surface area contributed by atoms with E-state index in [0.29, 0.717) is 19.1 Å². The van der Waals surface area contributed by atoms with E-state index in [1.54, 1.807) is 0 Å². The van der Waals surface area contributed by atoms with E-state index in [1.165, 1.54) is 18.5 Å². The summed E-state index contributed by atoms with van der Waals surface area (Å²) in [6.45, 7) is 7.82. The van der Waals surface area contributed by atoms with Gasteiger partial charge in [-0.1, -0.05) is 48.5 Å². The maximum Gasteiger partial charge on any atom is 0.191 e. The summed E-state index contributed by atoms with van der Waals surface area (Å²) in [4.78, 5) is 6.95. The third-order valence-electron chi connectivity index (χ3n) is 5.43. The number of ether oxygens (including phenoxy) is 1. The minimum Gasteiger partial charge on any atom is -0.494 e. The lowest BCUT2D eigenvalue weighted by atomic mass is 10.1. The summed E-state index contributed by atoms with van der Waals surface area (Å²) in [6.07, 6.45) is 2.37. The summed E-state index contributed by atoms with van der Waals surface area (Å²) < 4.78 is 5.71. The highest BCUT2D eigenvalue weighted by atomic mass is 127. The molecule has 3 rings (SSSR count). The number of nitrogens with zero attached hydrogens (tertiary/aromatic N) is 2. The number of para-hydroxylation sites is 1. The Morgan fingerprint density at radius 3 is 2.63 bits per heavy atom. The molecule has 1 aliphatic rings. The molecule has 0 spiro atoms. The summed E-state index contributed by atoms with van der Waals surface area (Å²) in [6, 6.07) is 18.9. The first kappa shape index (κ1) is 24.5. The van der Waals surface area contributed by atoms with Crippen LogP contribution in [0.2, 0.25) is 0 Å². The number of nitrogens with one attached hydrogen (secondary N) is 2. The molecule has 164 valence electrons. The summed E-state index contributed by atoms with van der Waals surface area (Å²) in [5.74, 6) is 2.45. The van der Waals surface area contributed by atoms with E-state index < -0.39 is 0 Å². The van der Waals surface area contributed by atoms with Gasteiger partial charge in [0, 0.05) is 38.8 Å². The van der Waals surface area contributed by atoms with Crippen LogP contribution < -0.4 is 15.4 Å². The molecule has 1 fully saturated rings. The monoisotopic (exact) mass is 522 g/mol. The van der Waals surface area contributed by atoms with Crippen LogP contribution in [0.4, 0.5) is 0 Å². The maximum atomic E-state index is 5.71. The van der Waals surface area contributed by atoms with Crippen LogP contribution in [0.15, 0.2) is 59.6 Å². The molecule has 30 heavy (non-hydrogen) atoms. The van der Waals surface area contributed by atoms with E-state index in [0.717, 1.165) is 43.3 Å². The SMILES string of the molecule is CCOc1ccccc1CNC(=NC)NCC1CCN(CCc2ccccc2)C1.I. The fourth-order valence-corrected chi connectivity index (χ4v) is 3.80. The molecule has 5 nitrogen and oxygen atoms in total. The number of benzene rings is 2. The summed E-state index contributed by atoms with van der Waals surface area (Å²) in [7, 11) is 1.82. The van der Waals surface area contributed by atoms with Crippen molar-refractivity contribution in [2.24, 2.45) is 10.9 Å². The van der Waals surface area contributed by atoms with Gasteiger partial charge in [0.15, 0.2) is 5.96 Å². The minimum atomic E-state index is 0. The van der Waals surface area contributed by atoms with Gasteiger partial charge in [0.05, 0.1) is 6.61 Å². The molecule has 0 aliphatic carbocycles. The fraction of sp³-hybridized carbons (Fsp3) is 0.458. The van der Waals surface area contributed by atoms with Crippen molar-refractivity contribution in [3.8, 4) is 5.75 Å². The third-order valence-corrected chi connectivity index (χ3v) is 5.43. The first-order chi connectivity index (χ1) is 14.3. The van der Waals surface area contributed by atoms with Crippen molar-refractivity contribution >= 4 is 29.9 Å². The van der Waals surface area contributed by atoms with Crippen LogP contribution in [0.25, 0.3) is 0 Å². The highest BCUT2D eigenvalue weighted by Crippen LogP contribution is 2.18. The lowest BCUT2D eigenvalue weighted by Crippen LogP contribution is -2.40. The van der Waals surface area contributed by atoms with E-state index in [-0.39, 0.29) is 24.0 Å². The Labute approximate surface area is 198 Å². The second kappa shape index (κ2) is 13.5. The Bertz CT molecular complexity index is 769. The molecule has 0 bridgehead atoms. The molecule has 2 aromatic rings. The van der Waals surface area contributed by atoms with Crippen molar-refractivity contribution in [1.29, 1.82) is 0 Å². The smallest absolute Gasteiger partial charge is 0.191 e. The van der Waals surface area contributed by atoms with Crippen LogP contribution in [0.3, 0.4) is 0 Å². The van der Waals surface area contributed by atoms with Crippen LogP contribution in [0.5, 0.6) is 5.75 Å². The van der Waals surface area contributed by atoms with E-state index >= 15 is 0 Å². The number of halogens is 1. The summed E-state index contributed by atoms with van der Waals surface area (Å²) in [5, 5.41) is 6.91. The number of likely N-dealkylation sites (tertiary alicyclic amines) is 1. The largest absolute Gasteiger partial charge is 0.494 e. The molecule has 0 amide bonds. The predicted octanol–water partition coefficient (Wildman–Crippen LogP) is 3.93. The third kappa shape index (κ3) is 7.80. The Kier molecular flexibility index (Phi) is 11.0. The van der Waals surface area contributed by atoms with Gasteiger partial charge in [0.2, 0.25) is 0 Å².